The minimum Gasteiger partial charge on any atom is -0.455 e. The number of carbonyl (C=O) groups is 2. The molecule has 1 N–H and O–H groups in total. The fourth-order valence-electron chi connectivity index (χ4n) is 2.72. The molecule has 0 heterocycles. The summed E-state index contributed by atoms with van der Waals surface area (Å²) >= 11 is 0. The molecule has 0 radical (unpaired) electrons. The Labute approximate surface area is 155 Å². The van der Waals surface area contributed by atoms with Gasteiger partial charge in [0.05, 0.1) is 0 Å². The van der Waals surface area contributed by atoms with Crippen molar-refractivity contribution in [1.82, 2.24) is 0 Å². The molecule has 0 saturated carbocycles. The van der Waals surface area contributed by atoms with Crippen LogP contribution in [0.15, 0.2) is 84.9 Å². The lowest BCUT2D eigenvalue weighted by Gasteiger charge is -2.26. The first kappa shape index (κ1) is 18.5. The van der Waals surface area contributed by atoms with Crippen LogP contribution in [0.4, 0.5) is 4.39 Å². The minimum atomic E-state index is -2.05. The second kappa shape index (κ2) is 7.93. The molecule has 0 amide bonds. The van der Waals surface area contributed by atoms with Crippen molar-refractivity contribution in [3.05, 3.63) is 107 Å². The number of aliphatic hydroxyl groups is 1. The number of ketones is 1. The largest absolute Gasteiger partial charge is 0.455 e. The predicted molar refractivity (Wildman–Crippen MR) is 97.6 cm³/mol. The third-order valence-corrected chi connectivity index (χ3v) is 4.18. The number of hydrogen-bond donors (Lipinski definition) is 1. The van der Waals surface area contributed by atoms with Gasteiger partial charge in [-0.15, -0.1) is 0 Å². The third-order valence-electron chi connectivity index (χ3n) is 4.18. The molecule has 3 rings (SSSR count). The Bertz CT molecular complexity index is 882. The quantitative estimate of drug-likeness (QED) is 0.537. The lowest BCUT2D eigenvalue weighted by Crippen LogP contribution is -2.39. The summed E-state index contributed by atoms with van der Waals surface area (Å²) in [5.74, 6) is -1.92. The monoisotopic (exact) mass is 364 g/mol. The van der Waals surface area contributed by atoms with E-state index in [1.807, 2.05) is 0 Å². The number of benzene rings is 3. The Balaban J connectivity index is 1.84. The van der Waals surface area contributed by atoms with Crippen molar-refractivity contribution in [2.45, 2.75) is 5.60 Å². The molecule has 0 atom stereocenters. The van der Waals surface area contributed by atoms with Gasteiger partial charge in [0.2, 0.25) is 5.60 Å². The van der Waals surface area contributed by atoms with Crippen LogP contribution in [0.1, 0.15) is 21.5 Å². The summed E-state index contributed by atoms with van der Waals surface area (Å²) in [6, 6.07) is 21.7. The maximum atomic E-state index is 13.0. The van der Waals surface area contributed by atoms with Crippen molar-refractivity contribution in [2.75, 3.05) is 6.61 Å². The van der Waals surface area contributed by atoms with E-state index in [4.69, 9.17) is 4.74 Å². The molecule has 0 bridgehead atoms. The maximum Gasteiger partial charge on any atom is 0.348 e. The summed E-state index contributed by atoms with van der Waals surface area (Å²) in [4.78, 5) is 25.0. The molecule has 0 fully saturated rings. The Hall–Kier alpha value is -3.31. The van der Waals surface area contributed by atoms with Gasteiger partial charge in [-0.1, -0.05) is 60.7 Å². The molecular formula is C22H17FO4. The number of carbonyl (C=O) groups excluding carboxylic acids is 2. The molecule has 0 saturated heterocycles. The van der Waals surface area contributed by atoms with Gasteiger partial charge in [-0.25, -0.2) is 9.18 Å². The second-order valence-corrected chi connectivity index (χ2v) is 5.95. The van der Waals surface area contributed by atoms with E-state index in [2.05, 4.69) is 0 Å². The van der Waals surface area contributed by atoms with Crippen LogP contribution in [-0.2, 0) is 15.1 Å². The first-order valence-electron chi connectivity index (χ1n) is 8.31. The zero-order valence-electron chi connectivity index (χ0n) is 14.3. The van der Waals surface area contributed by atoms with Gasteiger partial charge in [0.25, 0.3) is 0 Å². The molecule has 4 nitrogen and oxygen atoms in total. The number of ether oxygens (including phenoxy) is 1. The van der Waals surface area contributed by atoms with Crippen LogP contribution in [0, 0.1) is 5.82 Å². The van der Waals surface area contributed by atoms with Crippen LogP contribution in [0.2, 0.25) is 0 Å². The van der Waals surface area contributed by atoms with Crippen molar-refractivity contribution in [3.8, 4) is 0 Å². The molecule has 0 unspecified atom stereocenters. The van der Waals surface area contributed by atoms with Gasteiger partial charge in [0.15, 0.2) is 12.4 Å². The van der Waals surface area contributed by atoms with Crippen molar-refractivity contribution in [2.24, 2.45) is 0 Å². The van der Waals surface area contributed by atoms with Crippen molar-refractivity contribution >= 4 is 11.8 Å². The number of esters is 1. The number of halogens is 1. The van der Waals surface area contributed by atoms with Gasteiger partial charge in [0, 0.05) is 5.56 Å². The van der Waals surface area contributed by atoms with E-state index in [9.17, 15) is 19.1 Å². The van der Waals surface area contributed by atoms with Gasteiger partial charge < -0.3 is 9.84 Å². The SMILES string of the molecule is O=C(COC(=O)C(O)(c1ccccc1)c1ccccc1)c1ccc(F)cc1. The molecule has 0 spiro atoms. The molecule has 5 heteroatoms. The lowest BCUT2D eigenvalue weighted by atomic mass is 9.86. The van der Waals surface area contributed by atoms with Crippen molar-refractivity contribution in [3.63, 3.8) is 0 Å². The summed E-state index contributed by atoms with van der Waals surface area (Å²) in [5.41, 5.74) is -1.18. The van der Waals surface area contributed by atoms with Gasteiger partial charge in [-0.05, 0) is 35.4 Å². The summed E-state index contributed by atoms with van der Waals surface area (Å²) < 4.78 is 18.1. The summed E-state index contributed by atoms with van der Waals surface area (Å²) in [5, 5.41) is 11.2. The van der Waals surface area contributed by atoms with E-state index in [-0.39, 0.29) is 5.56 Å². The maximum absolute atomic E-state index is 13.0. The second-order valence-electron chi connectivity index (χ2n) is 5.95. The topological polar surface area (TPSA) is 63.6 Å². The first-order valence-corrected chi connectivity index (χ1v) is 8.31. The van der Waals surface area contributed by atoms with Gasteiger partial charge in [-0.2, -0.15) is 0 Å². The number of hydrogen-bond acceptors (Lipinski definition) is 4. The Morgan fingerprint density at radius 1 is 0.815 bits per heavy atom. The van der Waals surface area contributed by atoms with E-state index in [0.717, 1.165) is 12.1 Å². The molecule has 0 aliphatic carbocycles. The molecule has 136 valence electrons. The van der Waals surface area contributed by atoms with Crippen LogP contribution < -0.4 is 0 Å². The summed E-state index contributed by atoms with van der Waals surface area (Å²) in [7, 11) is 0. The highest BCUT2D eigenvalue weighted by molar-refractivity contribution is 5.98. The van der Waals surface area contributed by atoms with E-state index < -0.39 is 29.8 Å². The fourth-order valence-corrected chi connectivity index (χ4v) is 2.72. The predicted octanol–water partition coefficient (Wildman–Crippen LogP) is 3.49. The van der Waals surface area contributed by atoms with Crippen LogP contribution in [0.25, 0.3) is 0 Å². The average molecular weight is 364 g/mol. The highest BCUT2D eigenvalue weighted by Crippen LogP contribution is 2.31. The summed E-state index contributed by atoms with van der Waals surface area (Å²) in [6.07, 6.45) is 0. The van der Waals surface area contributed by atoms with Crippen LogP contribution >= 0.6 is 0 Å². The standard InChI is InChI=1S/C22H17FO4/c23-19-13-11-16(12-14-19)20(24)15-27-21(25)22(26,17-7-3-1-4-8-17)18-9-5-2-6-10-18/h1-14,26H,15H2. The normalized spacial score (nSPS) is 11.0. The zero-order valence-corrected chi connectivity index (χ0v) is 14.3. The van der Waals surface area contributed by atoms with Crippen molar-refractivity contribution < 1.29 is 23.8 Å². The van der Waals surface area contributed by atoms with Gasteiger partial charge in [0.1, 0.15) is 5.82 Å². The Morgan fingerprint density at radius 3 is 1.78 bits per heavy atom. The Kier molecular flexibility index (Phi) is 5.43. The van der Waals surface area contributed by atoms with E-state index >= 15 is 0 Å². The molecule has 3 aromatic rings. The number of rotatable bonds is 6. The van der Waals surface area contributed by atoms with E-state index in [1.54, 1.807) is 60.7 Å². The highest BCUT2D eigenvalue weighted by atomic mass is 19.1. The zero-order chi connectivity index (χ0) is 19.3. The molecule has 0 aliphatic heterocycles. The summed E-state index contributed by atoms with van der Waals surface area (Å²) in [6.45, 7) is -0.563. The number of Topliss-reactive ketones (excluding diaryl/α,β-unsaturated/α-hetero) is 1. The van der Waals surface area contributed by atoms with Gasteiger partial charge >= 0.3 is 5.97 Å². The Morgan fingerprint density at radius 2 is 1.30 bits per heavy atom. The van der Waals surface area contributed by atoms with E-state index in [1.165, 1.54) is 12.1 Å². The van der Waals surface area contributed by atoms with Crippen LogP contribution in [0.5, 0.6) is 0 Å². The molecule has 0 aromatic heterocycles. The highest BCUT2D eigenvalue weighted by Gasteiger charge is 2.41. The van der Waals surface area contributed by atoms with Crippen LogP contribution in [0.3, 0.4) is 0 Å². The fraction of sp³-hybridized carbons (Fsp3) is 0.0909. The average Bonchev–Trinajstić information content (AvgIpc) is 2.73. The van der Waals surface area contributed by atoms with Crippen LogP contribution in [-0.4, -0.2) is 23.5 Å². The van der Waals surface area contributed by atoms with E-state index in [0.29, 0.717) is 11.1 Å². The minimum absolute atomic E-state index is 0.215. The molecular weight excluding hydrogens is 347 g/mol. The van der Waals surface area contributed by atoms with Crippen molar-refractivity contribution in [1.29, 1.82) is 0 Å². The molecule has 27 heavy (non-hydrogen) atoms. The molecule has 3 aromatic carbocycles. The van der Waals surface area contributed by atoms with Gasteiger partial charge in [-0.3, -0.25) is 4.79 Å². The molecule has 0 aliphatic rings. The lowest BCUT2D eigenvalue weighted by molar-refractivity contribution is -0.160. The first-order chi connectivity index (χ1) is 13.0. The third kappa shape index (κ3) is 3.93. The smallest absolute Gasteiger partial charge is 0.348 e.